The van der Waals surface area contributed by atoms with Crippen LogP contribution in [0.2, 0.25) is 5.04 Å². The van der Waals surface area contributed by atoms with E-state index in [0.717, 1.165) is 26.4 Å². The molecule has 1 aliphatic carbocycles. The molecule has 2 aliphatic rings. The zero-order valence-electron chi connectivity index (χ0n) is 33.8. The van der Waals surface area contributed by atoms with Crippen molar-refractivity contribution in [1.82, 2.24) is 4.98 Å². The van der Waals surface area contributed by atoms with Crippen molar-refractivity contribution in [2.45, 2.75) is 51.2 Å². The van der Waals surface area contributed by atoms with Crippen LogP contribution in [0.15, 0.2) is 145 Å². The molecule has 11 nitrogen and oxygen atoms in total. The first-order valence-corrected chi connectivity index (χ1v) is 22.0. The summed E-state index contributed by atoms with van der Waals surface area (Å²) in [5.41, 5.74) is 3.12. The Morgan fingerprint density at radius 3 is 2.18 bits per heavy atom. The third-order valence-electron chi connectivity index (χ3n) is 11.8. The number of hydrogen-bond donors (Lipinski definition) is 3. The van der Waals surface area contributed by atoms with Crippen LogP contribution in [0.3, 0.4) is 0 Å². The number of carbonyl (C=O) groups is 2. The molecule has 1 aliphatic heterocycles. The second-order valence-electron chi connectivity index (χ2n) is 16.5. The SMILES string of the molecule is CC(C)(C)[Si](OCC1=C([C@H](O)CC/C(=C/c2cccc(O)c2)c2ccccn2)[C@H](CO)[C@@H]2C(=O)N(c3cccc([N+](=O)[O-])c3)C(=O)[C@@H]2C1)(c1ccccc1)c1ccccc1. The van der Waals surface area contributed by atoms with Crippen LogP contribution in [0.1, 0.15) is 51.3 Å². The quantitative estimate of drug-likeness (QED) is 0.0350. The van der Waals surface area contributed by atoms with Gasteiger partial charge in [-0.3, -0.25) is 24.7 Å². The molecule has 4 atom stereocenters. The van der Waals surface area contributed by atoms with Crippen molar-refractivity contribution in [3.8, 4) is 5.75 Å². The Kier molecular flexibility index (Phi) is 12.4. The minimum absolute atomic E-state index is 0.0178. The Bertz CT molecular complexity index is 2380. The number of benzene rings is 4. The summed E-state index contributed by atoms with van der Waals surface area (Å²) < 4.78 is 7.39. The number of pyridine rings is 1. The first-order chi connectivity index (χ1) is 28.8. The molecule has 1 fully saturated rings. The molecular formula is C48H49N3O8Si. The van der Waals surface area contributed by atoms with E-state index in [2.05, 4.69) is 50.0 Å². The molecule has 1 aromatic heterocycles. The molecule has 1 saturated heterocycles. The van der Waals surface area contributed by atoms with Gasteiger partial charge in [0, 0.05) is 24.2 Å². The highest BCUT2D eigenvalue weighted by atomic mass is 28.4. The van der Waals surface area contributed by atoms with Crippen LogP contribution in [-0.2, 0) is 14.0 Å². The molecule has 0 radical (unpaired) electrons. The molecule has 0 saturated carbocycles. The molecule has 12 heteroatoms. The fourth-order valence-electron chi connectivity index (χ4n) is 9.14. The summed E-state index contributed by atoms with van der Waals surface area (Å²) in [6.07, 6.45) is 3.00. The van der Waals surface area contributed by atoms with Gasteiger partial charge in [0.2, 0.25) is 11.8 Å². The molecule has 2 amide bonds. The molecule has 2 heterocycles. The van der Waals surface area contributed by atoms with E-state index in [1.165, 1.54) is 24.3 Å². The van der Waals surface area contributed by atoms with Gasteiger partial charge in [0.1, 0.15) is 5.75 Å². The van der Waals surface area contributed by atoms with E-state index in [0.29, 0.717) is 23.3 Å². The summed E-state index contributed by atoms with van der Waals surface area (Å²) in [5, 5.41) is 47.3. The topological polar surface area (TPSA) is 163 Å². The van der Waals surface area contributed by atoms with Gasteiger partial charge in [0.25, 0.3) is 14.0 Å². The fourth-order valence-corrected chi connectivity index (χ4v) is 13.7. The van der Waals surface area contributed by atoms with E-state index in [1.54, 1.807) is 24.4 Å². The monoisotopic (exact) mass is 823 g/mol. The van der Waals surface area contributed by atoms with Crippen LogP contribution in [0.4, 0.5) is 11.4 Å². The van der Waals surface area contributed by atoms with Crippen molar-refractivity contribution in [2.24, 2.45) is 17.8 Å². The third kappa shape index (κ3) is 8.24. The lowest BCUT2D eigenvalue weighted by Crippen LogP contribution is -2.66. The van der Waals surface area contributed by atoms with Gasteiger partial charge in [-0.15, -0.1) is 0 Å². The summed E-state index contributed by atoms with van der Waals surface area (Å²) in [5.74, 6) is -3.88. The van der Waals surface area contributed by atoms with Crippen molar-refractivity contribution in [2.75, 3.05) is 18.1 Å². The van der Waals surface area contributed by atoms with Gasteiger partial charge in [0.15, 0.2) is 0 Å². The van der Waals surface area contributed by atoms with E-state index in [1.807, 2.05) is 66.7 Å². The number of rotatable bonds is 14. The number of aliphatic hydroxyl groups excluding tert-OH is 2. The van der Waals surface area contributed by atoms with E-state index in [-0.39, 0.29) is 36.6 Å². The highest BCUT2D eigenvalue weighted by Crippen LogP contribution is 2.48. The number of nitro groups is 1. The number of phenolic OH excluding ortho intramolecular Hbond substituents is 1. The number of aromatic nitrogens is 1. The lowest BCUT2D eigenvalue weighted by Gasteiger charge is -2.44. The van der Waals surface area contributed by atoms with Crippen molar-refractivity contribution in [1.29, 1.82) is 0 Å². The van der Waals surface area contributed by atoms with Crippen molar-refractivity contribution in [3.63, 3.8) is 0 Å². The van der Waals surface area contributed by atoms with Crippen LogP contribution in [0.5, 0.6) is 5.75 Å². The Morgan fingerprint density at radius 1 is 0.917 bits per heavy atom. The lowest BCUT2D eigenvalue weighted by molar-refractivity contribution is -0.384. The molecule has 308 valence electrons. The van der Waals surface area contributed by atoms with E-state index >= 15 is 0 Å². The molecule has 3 N–H and O–H groups in total. The number of carbonyl (C=O) groups excluding carboxylic acids is 2. The number of imide groups is 1. The zero-order valence-corrected chi connectivity index (χ0v) is 34.8. The zero-order chi connectivity index (χ0) is 42.6. The maximum absolute atomic E-state index is 14.4. The molecule has 60 heavy (non-hydrogen) atoms. The number of anilines is 1. The molecule has 0 unspecified atom stereocenters. The molecule has 0 bridgehead atoms. The van der Waals surface area contributed by atoms with Crippen LogP contribution >= 0.6 is 0 Å². The van der Waals surface area contributed by atoms with Gasteiger partial charge < -0.3 is 19.7 Å². The first-order valence-electron chi connectivity index (χ1n) is 20.1. The predicted octanol–water partition coefficient (Wildman–Crippen LogP) is 7.07. The fraction of sp³-hybridized carbons (Fsp3) is 0.271. The summed E-state index contributed by atoms with van der Waals surface area (Å²) in [6, 6.07) is 38.0. The standard InChI is InChI=1S/C48H49N3O8Si/c1-48(2,3)60(38-18-6-4-7-19-38,39-20-8-5-9-21-39)59-31-34-28-40-45(47(56)50(46(40)55)35-15-13-16-36(29-35)51(57)58)41(30-52)44(34)43(54)24-23-33(42-22-10-11-25-49-42)26-32-14-12-17-37(53)27-32/h4-22,25-27,29,40-41,43,45,52-54H,23-24,28,30-31H2,1-3H3/b33-26-/t40-,41+,43-,45-/m1/s1. The van der Waals surface area contributed by atoms with E-state index in [9.17, 15) is 35.0 Å². The Hall–Kier alpha value is -6.05. The number of non-ortho nitro benzene ring substituents is 1. The van der Waals surface area contributed by atoms with Crippen LogP contribution < -0.4 is 15.3 Å². The maximum Gasteiger partial charge on any atom is 0.271 e. The average Bonchev–Trinajstić information content (AvgIpc) is 3.50. The summed E-state index contributed by atoms with van der Waals surface area (Å²) in [7, 11) is -3.15. The smallest absolute Gasteiger partial charge is 0.271 e. The number of amides is 2. The van der Waals surface area contributed by atoms with Gasteiger partial charge in [-0.05, 0) is 93.4 Å². The highest BCUT2D eigenvalue weighted by molar-refractivity contribution is 6.99. The number of allylic oxidation sites excluding steroid dienone is 1. The average molecular weight is 824 g/mol. The molecule has 0 spiro atoms. The molecule has 7 rings (SSSR count). The number of aromatic hydroxyl groups is 1. The summed E-state index contributed by atoms with van der Waals surface area (Å²) in [4.78, 5) is 45.5. The van der Waals surface area contributed by atoms with Crippen molar-refractivity contribution < 1.29 is 34.3 Å². The predicted molar refractivity (Wildman–Crippen MR) is 234 cm³/mol. The number of aliphatic hydroxyl groups is 2. The van der Waals surface area contributed by atoms with Crippen LogP contribution in [0, 0.1) is 27.9 Å². The summed E-state index contributed by atoms with van der Waals surface area (Å²) >= 11 is 0. The van der Waals surface area contributed by atoms with E-state index < -0.39 is 60.6 Å². The number of hydrogen-bond acceptors (Lipinski definition) is 9. The van der Waals surface area contributed by atoms with Gasteiger partial charge in [-0.25, -0.2) is 4.90 Å². The normalized spacial score (nSPS) is 19.1. The van der Waals surface area contributed by atoms with Gasteiger partial charge >= 0.3 is 0 Å². The largest absolute Gasteiger partial charge is 0.508 e. The first kappa shape index (κ1) is 42.1. The van der Waals surface area contributed by atoms with E-state index in [4.69, 9.17) is 4.43 Å². The Morgan fingerprint density at radius 2 is 1.58 bits per heavy atom. The molecular weight excluding hydrogens is 775 g/mol. The van der Waals surface area contributed by atoms with Crippen molar-refractivity contribution in [3.05, 3.63) is 166 Å². The second kappa shape index (κ2) is 17.7. The third-order valence-corrected chi connectivity index (χ3v) is 16.8. The minimum atomic E-state index is -3.15. The molecule has 4 aromatic carbocycles. The minimum Gasteiger partial charge on any atom is -0.508 e. The van der Waals surface area contributed by atoms with Crippen LogP contribution in [-0.4, -0.2) is 64.7 Å². The number of fused-ring (bicyclic) bond motifs is 1. The lowest BCUT2D eigenvalue weighted by atomic mass is 9.68. The number of nitrogens with zero attached hydrogens (tertiary/aromatic N) is 3. The van der Waals surface area contributed by atoms with Gasteiger partial charge in [-0.2, -0.15) is 0 Å². The Labute approximate surface area is 350 Å². The number of phenols is 1. The maximum atomic E-state index is 14.4. The van der Waals surface area contributed by atoms with Gasteiger partial charge in [-0.1, -0.05) is 106 Å². The summed E-state index contributed by atoms with van der Waals surface area (Å²) in [6.45, 7) is 5.95. The van der Waals surface area contributed by atoms with Crippen LogP contribution in [0.25, 0.3) is 11.6 Å². The second-order valence-corrected chi connectivity index (χ2v) is 20.8. The van der Waals surface area contributed by atoms with Gasteiger partial charge in [0.05, 0.1) is 47.5 Å². The Balaban J connectivity index is 1.32. The van der Waals surface area contributed by atoms with Crippen molar-refractivity contribution >= 4 is 53.5 Å². The number of nitro benzene ring substituents is 1. The molecule has 5 aromatic rings. The highest BCUT2D eigenvalue weighted by Gasteiger charge is 2.56.